The molecule has 104 valence electrons. The van der Waals surface area contributed by atoms with Gasteiger partial charge in [0, 0.05) is 25.2 Å². The molecule has 0 aliphatic carbocycles. The molecule has 1 amide bonds. The van der Waals surface area contributed by atoms with Crippen molar-refractivity contribution in [1.29, 1.82) is 0 Å². The fourth-order valence-electron chi connectivity index (χ4n) is 2.42. The second-order valence-electron chi connectivity index (χ2n) is 5.35. The van der Waals surface area contributed by atoms with Crippen LogP contribution < -0.4 is 16.0 Å². The third-order valence-corrected chi connectivity index (χ3v) is 3.74. The number of hydrogen-bond donors (Lipinski definition) is 2. The second kappa shape index (κ2) is 5.95. The molecule has 0 aromatic heterocycles. The first kappa shape index (κ1) is 13.7. The van der Waals surface area contributed by atoms with Crippen molar-refractivity contribution < 1.29 is 4.79 Å². The minimum Gasteiger partial charge on any atom is -0.399 e. The number of carbonyl (C=O) groups excluding carboxylic acids is 1. The average Bonchev–Trinajstić information content (AvgIpc) is 2.40. The van der Waals surface area contributed by atoms with Gasteiger partial charge in [0.2, 0.25) is 5.91 Å². The fourth-order valence-corrected chi connectivity index (χ4v) is 2.42. The number of nitrogen functional groups attached to an aromatic ring is 1. The van der Waals surface area contributed by atoms with Crippen LogP contribution in [-0.2, 0) is 4.79 Å². The molecule has 4 nitrogen and oxygen atoms in total. The Bertz CT molecular complexity index is 451. The number of nitrogens with zero attached hydrogens (tertiary/aromatic N) is 1. The maximum absolute atomic E-state index is 11.6. The Morgan fingerprint density at radius 3 is 2.74 bits per heavy atom. The molecule has 4 heteroatoms. The number of carbonyl (C=O) groups is 1. The Hall–Kier alpha value is -1.71. The lowest BCUT2D eigenvalue weighted by atomic mass is 9.98. The van der Waals surface area contributed by atoms with Crippen LogP contribution in [0.3, 0.4) is 0 Å². The molecule has 0 bridgehead atoms. The van der Waals surface area contributed by atoms with Crippen molar-refractivity contribution in [3.63, 3.8) is 0 Å². The quantitative estimate of drug-likeness (QED) is 0.823. The predicted octanol–water partition coefficient (Wildman–Crippen LogP) is 2.85. The molecule has 0 atom stereocenters. The van der Waals surface area contributed by atoms with E-state index >= 15 is 0 Å². The lowest BCUT2D eigenvalue weighted by Crippen LogP contribution is -2.33. The van der Waals surface area contributed by atoms with Gasteiger partial charge in [0.05, 0.1) is 11.4 Å². The van der Waals surface area contributed by atoms with E-state index in [1.807, 2.05) is 25.1 Å². The topological polar surface area (TPSA) is 58.4 Å². The summed E-state index contributed by atoms with van der Waals surface area (Å²) in [6.07, 6.45) is 2.88. The summed E-state index contributed by atoms with van der Waals surface area (Å²) in [5, 5.41) is 2.95. The summed E-state index contributed by atoms with van der Waals surface area (Å²) in [5.74, 6) is 0.816. The molecule has 1 aliphatic rings. The summed E-state index contributed by atoms with van der Waals surface area (Å²) < 4.78 is 0. The first-order valence-corrected chi connectivity index (χ1v) is 7.04. The van der Waals surface area contributed by atoms with Gasteiger partial charge in [0.15, 0.2) is 0 Å². The minimum absolute atomic E-state index is 0.0252. The van der Waals surface area contributed by atoms with E-state index < -0.39 is 0 Å². The van der Waals surface area contributed by atoms with E-state index in [2.05, 4.69) is 17.1 Å². The van der Waals surface area contributed by atoms with Crippen molar-refractivity contribution in [2.45, 2.75) is 33.1 Å². The highest BCUT2D eigenvalue weighted by Crippen LogP contribution is 2.31. The van der Waals surface area contributed by atoms with Gasteiger partial charge >= 0.3 is 0 Å². The largest absolute Gasteiger partial charge is 0.399 e. The smallest absolute Gasteiger partial charge is 0.224 e. The molecule has 0 saturated carbocycles. The molecule has 0 spiro atoms. The molecule has 1 fully saturated rings. The lowest BCUT2D eigenvalue weighted by molar-refractivity contribution is -0.115. The van der Waals surface area contributed by atoms with Gasteiger partial charge in [-0.1, -0.05) is 13.8 Å². The molecular formula is C15H23N3O. The third-order valence-electron chi connectivity index (χ3n) is 3.74. The molecule has 1 aromatic carbocycles. The van der Waals surface area contributed by atoms with Gasteiger partial charge in [-0.3, -0.25) is 4.79 Å². The molecule has 2 rings (SSSR count). The van der Waals surface area contributed by atoms with Crippen molar-refractivity contribution in [1.82, 2.24) is 0 Å². The Balaban J connectivity index is 2.21. The average molecular weight is 261 g/mol. The van der Waals surface area contributed by atoms with E-state index in [1.54, 1.807) is 0 Å². The van der Waals surface area contributed by atoms with Crippen LogP contribution in [-0.4, -0.2) is 19.0 Å². The second-order valence-corrected chi connectivity index (χ2v) is 5.35. The van der Waals surface area contributed by atoms with Crippen LogP contribution in [0.15, 0.2) is 18.2 Å². The molecule has 0 unspecified atom stereocenters. The van der Waals surface area contributed by atoms with Crippen LogP contribution in [0.2, 0.25) is 0 Å². The molecule has 3 N–H and O–H groups in total. The molecule has 1 aliphatic heterocycles. The van der Waals surface area contributed by atoms with Crippen LogP contribution in [0.5, 0.6) is 0 Å². The van der Waals surface area contributed by atoms with Crippen molar-refractivity contribution in [2.24, 2.45) is 5.92 Å². The Labute approximate surface area is 115 Å². The van der Waals surface area contributed by atoms with E-state index in [-0.39, 0.29) is 5.91 Å². The summed E-state index contributed by atoms with van der Waals surface area (Å²) in [7, 11) is 0. The van der Waals surface area contributed by atoms with Crippen molar-refractivity contribution >= 4 is 23.0 Å². The van der Waals surface area contributed by atoms with Crippen LogP contribution in [0.1, 0.15) is 33.1 Å². The number of amides is 1. The number of nitrogens with two attached hydrogens (primary N) is 1. The fraction of sp³-hybridized carbons (Fsp3) is 0.533. The Morgan fingerprint density at radius 1 is 1.42 bits per heavy atom. The minimum atomic E-state index is 0.0252. The number of piperidine rings is 1. The number of hydrogen-bond acceptors (Lipinski definition) is 3. The SMILES string of the molecule is CCC(=O)Nc1cc(N)ccc1N1CCC(C)CC1. The maximum Gasteiger partial charge on any atom is 0.224 e. The third kappa shape index (κ3) is 3.40. The van der Waals surface area contributed by atoms with Gasteiger partial charge in [0.25, 0.3) is 0 Å². The van der Waals surface area contributed by atoms with Crippen LogP contribution in [0, 0.1) is 5.92 Å². The summed E-state index contributed by atoms with van der Waals surface area (Å²) >= 11 is 0. The van der Waals surface area contributed by atoms with Crippen molar-refractivity contribution in [3.8, 4) is 0 Å². The van der Waals surface area contributed by atoms with E-state index in [0.29, 0.717) is 12.1 Å². The van der Waals surface area contributed by atoms with Gasteiger partial charge in [-0.15, -0.1) is 0 Å². The highest BCUT2D eigenvalue weighted by molar-refractivity contribution is 5.95. The summed E-state index contributed by atoms with van der Waals surface area (Å²) in [6.45, 7) is 6.23. The zero-order valence-corrected chi connectivity index (χ0v) is 11.8. The van der Waals surface area contributed by atoms with E-state index in [9.17, 15) is 4.79 Å². The maximum atomic E-state index is 11.6. The molecular weight excluding hydrogens is 238 g/mol. The number of rotatable bonds is 3. The van der Waals surface area contributed by atoms with E-state index in [0.717, 1.165) is 30.4 Å². The Kier molecular flexibility index (Phi) is 4.30. The molecule has 0 radical (unpaired) electrons. The standard InChI is InChI=1S/C15H23N3O/c1-3-15(19)17-13-10-12(16)4-5-14(13)18-8-6-11(2)7-9-18/h4-5,10-11H,3,6-9,16H2,1-2H3,(H,17,19). The zero-order chi connectivity index (χ0) is 13.8. The lowest BCUT2D eigenvalue weighted by Gasteiger charge is -2.33. The molecule has 1 heterocycles. The molecule has 1 aromatic rings. The molecule has 19 heavy (non-hydrogen) atoms. The van der Waals surface area contributed by atoms with Gasteiger partial charge in [-0.2, -0.15) is 0 Å². The van der Waals surface area contributed by atoms with Crippen LogP contribution in [0.25, 0.3) is 0 Å². The molecule has 1 saturated heterocycles. The zero-order valence-electron chi connectivity index (χ0n) is 11.8. The number of benzene rings is 1. The van der Waals surface area contributed by atoms with Gasteiger partial charge in [0.1, 0.15) is 0 Å². The van der Waals surface area contributed by atoms with Gasteiger partial charge < -0.3 is 16.0 Å². The summed E-state index contributed by atoms with van der Waals surface area (Å²) in [5.41, 5.74) is 8.43. The van der Waals surface area contributed by atoms with E-state index in [4.69, 9.17) is 5.73 Å². The number of nitrogens with one attached hydrogen (secondary N) is 1. The van der Waals surface area contributed by atoms with Crippen LogP contribution >= 0.6 is 0 Å². The van der Waals surface area contributed by atoms with Gasteiger partial charge in [-0.05, 0) is 37.0 Å². The van der Waals surface area contributed by atoms with Crippen molar-refractivity contribution in [2.75, 3.05) is 29.0 Å². The van der Waals surface area contributed by atoms with E-state index in [1.165, 1.54) is 12.8 Å². The Morgan fingerprint density at radius 2 is 2.11 bits per heavy atom. The van der Waals surface area contributed by atoms with Gasteiger partial charge in [-0.25, -0.2) is 0 Å². The highest BCUT2D eigenvalue weighted by Gasteiger charge is 2.19. The summed E-state index contributed by atoms with van der Waals surface area (Å²) in [4.78, 5) is 13.9. The number of anilines is 3. The summed E-state index contributed by atoms with van der Waals surface area (Å²) in [6, 6.07) is 5.76. The van der Waals surface area contributed by atoms with Crippen LogP contribution in [0.4, 0.5) is 17.1 Å². The predicted molar refractivity (Wildman–Crippen MR) is 80.4 cm³/mol. The highest BCUT2D eigenvalue weighted by atomic mass is 16.1. The normalized spacial score (nSPS) is 16.4. The first-order chi connectivity index (χ1) is 9.10. The monoisotopic (exact) mass is 261 g/mol. The van der Waals surface area contributed by atoms with Crippen molar-refractivity contribution in [3.05, 3.63) is 18.2 Å². The first-order valence-electron chi connectivity index (χ1n) is 7.04.